The number of hydrogen-bond donors (Lipinski definition) is 1. The van der Waals surface area contributed by atoms with Crippen LogP contribution in [0.4, 0.5) is 5.69 Å². The van der Waals surface area contributed by atoms with Crippen LogP contribution in [0.2, 0.25) is 0 Å². The maximum atomic E-state index is 12.5. The van der Waals surface area contributed by atoms with Crippen molar-refractivity contribution in [2.75, 3.05) is 31.6 Å². The van der Waals surface area contributed by atoms with Gasteiger partial charge in [0.25, 0.3) is 11.8 Å². The molecule has 0 aliphatic carbocycles. The summed E-state index contributed by atoms with van der Waals surface area (Å²) < 4.78 is 5.26. The fraction of sp³-hybridized carbons (Fsp3) is 0.316. The number of rotatable bonds is 3. The number of pyridine rings is 1. The van der Waals surface area contributed by atoms with Crippen molar-refractivity contribution in [2.45, 2.75) is 13.8 Å². The highest BCUT2D eigenvalue weighted by molar-refractivity contribution is 6.04. The molecule has 6 heteroatoms. The van der Waals surface area contributed by atoms with Crippen molar-refractivity contribution in [1.29, 1.82) is 0 Å². The molecule has 1 aliphatic heterocycles. The third-order valence-electron chi connectivity index (χ3n) is 4.13. The zero-order valence-corrected chi connectivity index (χ0v) is 14.4. The van der Waals surface area contributed by atoms with Gasteiger partial charge in [-0.15, -0.1) is 0 Å². The van der Waals surface area contributed by atoms with Crippen molar-refractivity contribution in [3.63, 3.8) is 0 Å². The molecule has 0 atom stereocenters. The van der Waals surface area contributed by atoms with Crippen LogP contribution in [-0.4, -0.2) is 48.0 Å². The molecule has 25 heavy (non-hydrogen) atoms. The molecule has 1 fully saturated rings. The van der Waals surface area contributed by atoms with Gasteiger partial charge in [-0.25, -0.2) is 4.98 Å². The summed E-state index contributed by atoms with van der Waals surface area (Å²) >= 11 is 0. The van der Waals surface area contributed by atoms with Crippen molar-refractivity contribution in [2.24, 2.45) is 0 Å². The molecule has 0 spiro atoms. The zero-order chi connectivity index (χ0) is 17.8. The largest absolute Gasteiger partial charge is 0.378 e. The molecule has 6 nitrogen and oxygen atoms in total. The van der Waals surface area contributed by atoms with Gasteiger partial charge in [-0.2, -0.15) is 0 Å². The number of ether oxygens (including phenoxy) is 1. The summed E-state index contributed by atoms with van der Waals surface area (Å²) in [5.41, 5.74) is 3.34. The lowest BCUT2D eigenvalue weighted by Crippen LogP contribution is -2.41. The normalized spacial score (nSPS) is 14.2. The van der Waals surface area contributed by atoms with E-state index in [1.165, 1.54) is 0 Å². The predicted molar refractivity (Wildman–Crippen MR) is 94.8 cm³/mol. The van der Waals surface area contributed by atoms with E-state index in [4.69, 9.17) is 4.74 Å². The summed E-state index contributed by atoms with van der Waals surface area (Å²) in [6.07, 6.45) is 0. The molecule has 0 unspecified atom stereocenters. The molecule has 1 aliphatic rings. The van der Waals surface area contributed by atoms with E-state index in [0.717, 1.165) is 16.8 Å². The van der Waals surface area contributed by atoms with Crippen LogP contribution in [0.15, 0.2) is 36.4 Å². The van der Waals surface area contributed by atoms with Gasteiger partial charge in [0.15, 0.2) is 0 Å². The summed E-state index contributed by atoms with van der Waals surface area (Å²) in [5.74, 6) is -0.506. The van der Waals surface area contributed by atoms with Gasteiger partial charge in [0.2, 0.25) is 0 Å². The van der Waals surface area contributed by atoms with Crippen LogP contribution >= 0.6 is 0 Å². The zero-order valence-electron chi connectivity index (χ0n) is 14.4. The van der Waals surface area contributed by atoms with Crippen LogP contribution in [-0.2, 0) is 4.74 Å². The Labute approximate surface area is 146 Å². The van der Waals surface area contributed by atoms with Gasteiger partial charge < -0.3 is 15.0 Å². The van der Waals surface area contributed by atoms with E-state index in [-0.39, 0.29) is 23.2 Å². The first-order valence-electron chi connectivity index (χ1n) is 8.27. The second-order valence-electron chi connectivity index (χ2n) is 6.09. The number of hydrogen-bond acceptors (Lipinski definition) is 4. The van der Waals surface area contributed by atoms with Crippen molar-refractivity contribution in [3.8, 4) is 0 Å². The summed E-state index contributed by atoms with van der Waals surface area (Å²) in [4.78, 5) is 30.9. The number of carbonyl (C=O) groups excluding carboxylic acids is 2. The van der Waals surface area contributed by atoms with E-state index in [1.54, 1.807) is 23.1 Å². The van der Waals surface area contributed by atoms with Crippen molar-refractivity contribution < 1.29 is 14.3 Å². The lowest BCUT2D eigenvalue weighted by molar-refractivity contribution is 0.0299. The highest BCUT2D eigenvalue weighted by Gasteiger charge is 2.20. The average Bonchev–Trinajstić information content (AvgIpc) is 2.64. The smallest absolute Gasteiger partial charge is 0.274 e. The number of nitrogens with one attached hydrogen (secondary N) is 1. The van der Waals surface area contributed by atoms with Crippen LogP contribution in [0.5, 0.6) is 0 Å². The molecule has 1 aromatic carbocycles. The number of benzene rings is 1. The molecule has 0 saturated carbocycles. The van der Waals surface area contributed by atoms with Gasteiger partial charge in [0.1, 0.15) is 11.4 Å². The lowest BCUT2D eigenvalue weighted by Gasteiger charge is -2.26. The average molecular weight is 339 g/mol. The SMILES string of the molecule is Cc1ccc(NC(=O)c2cccc(C(=O)N3CCOCC3)n2)c(C)c1. The molecule has 2 aromatic rings. The maximum absolute atomic E-state index is 12.5. The monoisotopic (exact) mass is 339 g/mol. The second-order valence-corrected chi connectivity index (χ2v) is 6.09. The number of carbonyl (C=O) groups is 2. The Morgan fingerprint density at radius 3 is 2.52 bits per heavy atom. The van der Waals surface area contributed by atoms with Gasteiger partial charge in [-0.1, -0.05) is 23.8 Å². The lowest BCUT2D eigenvalue weighted by atomic mass is 10.1. The van der Waals surface area contributed by atoms with E-state index < -0.39 is 0 Å². The molecular weight excluding hydrogens is 318 g/mol. The third kappa shape index (κ3) is 4.03. The molecule has 2 heterocycles. The topological polar surface area (TPSA) is 71.5 Å². The minimum Gasteiger partial charge on any atom is -0.378 e. The van der Waals surface area contributed by atoms with E-state index in [9.17, 15) is 9.59 Å². The fourth-order valence-corrected chi connectivity index (χ4v) is 2.75. The third-order valence-corrected chi connectivity index (χ3v) is 4.13. The van der Waals surface area contributed by atoms with Crippen molar-refractivity contribution >= 4 is 17.5 Å². The molecule has 130 valence electrons. The Kier molecular flexibility index (Phi) is 5.09. The molecule has 0 radical (unpaired) electrons. The number of anilines is 1. The summed E-state index contributed by atoms with van der Waals surface area (Å²) in [6, 6.07) is 10.7. The summed E-state index contributed by atoms with van der Waals surface area (Å²) in [7, 11) is 0. The van der Waals surface area contributed by atoms with Crippen molar-refractivity contribution in [3.05, 3.63) is 58.9 Å². The highest BCUT2D eigenvalue weighted by atomic mass is 16.5. The number of amides is 2. The molecule has 1 N–H and O–H groups in total. The Morgan fingerprint density at radius 2 is 1.80 bits per heavy atom. The minimum atomic E-state index is -0.330. The minimum absolute atomic E-state index is 0.176. The number of aromatic nitrogens is 1. The van der Waals surface area contributed by atoms with Gasteiger partial charge in [-0.3, -0.25) is 9.59 Å². The van der Waals surface area contributed by atoms with Crippen LogP contribution < -0.4 is 5.32 Å². The van der Waals surface area contributed by atoms with E-state index >= 15 is 0 Å². The van der Waals surface area contributed by atoms with Crippen LogP contribution in [0.25, 0.3) is 0 Å². The quantitative estimate of drug-likeness (QED) is 0.932. The number of morpholine rings is 1. The van der Waals surface area contributed by atoms with Gasteiger partial charge in [0.05, 0.1) is 13.2 Å². The first-order chi connectivity index (χ1) is 12.0. The molecular formula is C19H21N3O3. The van der Waals surface area contributed by atoms with Gasteiger partial charge in [0, 0.05) is 18.8 Å². The second kappa shape index (κ2) is 7.44. The Hall–Kier alpha value is -2.73. The predicted octanol–water partition coefficient (Wildman–Crippen LogP) is 2.42. The molecule has 1 aromatic heterocycles. The Bertz CT molecular complexity index is 798. The Balaban J connectivity index is 1.76. The first-order valence-corrected chi connectivity index (χ1v) is 8.27. The first kappa shape index (κ1) is 17.1. The van der Waals surface area contributed by atoms with Gasteiger partial charge in [-0.05, 0) is 37.6 Å². The van der Waals surface area contributed by atoms with Gasteiger partial charge >= 0.3 is 0 Å². The van der Waals surface area contributed by atoms with E-state index in [1.807, 2.05) is 32.0 Å². The maximum Gasteiger partial charge on any atom is 0.274 e. The summed E-state index contributed by atoms with van der Waals surface area (Å²) in [6.45, 7) is 6.07. The molecule has 1 saturated heterocycles. The molecule has 3 rings (SSSR count). The highest BCUT2D eigenvalue weighted by Crippen LogP contribution is 2.17. The van der Waals surface area contributed by atoms with Crippen LogP contribution in [0.1, 0.15) is 32.1 Å². The van der Waals surface area contributed by atoms with Crippen LogP contribution in [0.3, 0.4) is 0 Å². The standard InChI is InChI=1S/C19H21N3O3/c1-13-6-7-15(14(2)12-13)21-18(23)16-4-3-5-17(20-16)19(24)22-8-10-25-11-9-22/h3-7,12H,8-11H2,1-2H3,(H,21,23). The van der Waals surface area contributed by atoms with Crippen LogP contribution in [0, 0.1) is 13.8 Å². The molecule has 2 amide bonds. The number of nitrogens with zero attached hydrogens (tertiary/aromatic N) is 2. The number of aryl methyl sites for hydroxylation is 2. The van der Waals surface area contributed by atoms with E-state index in [2.05, 4.69) is 10.3 Å². The van der Waals surface area contributed by atoms with Crippen molar-refractivity contribution in [1.82, 2.24) is 9.88 Å². The Morgan fingerprint density at radius 1 is 1.08 bits per heavy atom. The molecule has 0 bridgehead atoms. The summed E-state index contributed by atoms with van der Waals surface area (Å²) in [5, 5.41) is 2.85. The fourth-order valence-electron chi connectivity index (χ4n) is 2.75. The van der Waals surface area contributed by atoms with E-state index in [0.29, 0.717) is 26.3 Å².